The number of carboxylic acids is 1. The van der Waals surface area contributed by atoms with Crippen molar-refractivity contribution in [2.75, 3.05) is 6.54 Å². The van der Waals surface area contributed by atoms with Gasteiger partial charge in [-0.25, -0.2) is 21.1 Å². The molecule has 4 rings (SSSR count). The van der Waals surface area contributed by atoms with E-state index < -0.39 is 38.0 Å². The number of hydrogen-bond acceptors (Lipinski definition) is 8. The van der Waals surface area contributed by atoms with Gasteiger partial charge in [-0.15, -0.1) is 0 Å². The van der Waals surface area contributed by atoms with Crippen molar-refractivity contribution < 1.29 is 36.3 Å². The van der Waals surface area contributed by atoms with Crippen LogP contribution in [-0.2, 0) is 24.8 Å². The molecule has 3 aromatic rings. The Hall–Kier alpha value is -3.81. The Bertz CT molecular complexity index is 1490. The van der Waals surface area contributed by atoms with Gasteiger partial charge in [0.2, 0.25) is 10.0 Å². The van der Waals surface area contributed by atoms with Crippen molar-refractivity contribution in [3.8, 4) is 11.5 Å². The fourth-order valence-electron chi connectivity index (χ4n) is 3.61. The molecule has 2 N–H and O–H groups in total. The van der Waals surface area contributed by atoms with Crippen LogP contribution < -0.4 is 9.46 Å². The van der Waals surface area contributed by atoms with Crippen LogP contribution >= 0.6 is 0 Å². The molecule has 1 atom stereocenters. The first-order valence-corrected chi connectivity index (χ1v) is 13.6. The number of fused-ring (bicyclic) bond motifs is 1. The number of ether oxygens (including phenoxy) is 1. The summed E-state index contributed by atoms with van der Waals surface area (Å²) in [6.45, 7) is -0.289. The normalized spacial score (nSPS) is 15.3. The molecule has 0 aliphatic carbocycles. The molecular weight excluding hydrogens is 510 g/mol. The lowest BCUT2D eigenvalue weighted by Gasteiger charge is -2.18. The summed E-state index contributed by atoms with van der Waals surface area (Å²) in [6, 6.07) is 12.9. The molecule has 1 amide bonds. The molecule has 0 saturated heterocycles. The highest BCUT2D eigenvalue weighted by atomic mass is 32.2. The van der Waals surface area contributed by atoms with Crippen LogP contribution in [0.2, 0.25) is 0 Å². The maximum absolute atomic E-state index is 12.8. The fraction of sp³-hybridized carbons (Fsp3) is 0.174. The fourth-order valence-corrected chi connectivity index (χ4v) is 6.44. The van der Waals surface area contributed by atoms with Crippen molar-refractivity contribution in [1.29, 1.82) is 0 Å². The quantitative estimate of drug-likeness (QED) is 0.400. The molecule has 188 valence electrons. The Morgan fingerprint density at radius 1 is 1.03 bits per heavy atom. The highest BCUT2D eigenvalue weighted by molar-refractivity contribution is 7.90. The summed E-state index contributed by atoms with van der Waals surface area (Å²) in [5.41, 5.74) is 0.0457. The molecule has 36 heavy (non-hydrogen) atoms. The number of pyridine rings is 1. The second-order valence-corrected chi connectivity index (χ2v) is 11.3. The molecule has 1 aliphatic rings. The molecule has 2 aromatic carbocycles. The summed E-state index contributed by atoms with van der Waals surface area (Å²) in [6.07, 6.45) is 2.76. The summed E-state index contributed by atoms with van der Waals surface area (Å²) >= 11 is 0. The van der Waals surface area contributed by atoms with E-state index in [1.54, 1.807) is 18.2 Å². The first-order chi connectivity index (χ1) is 17.1. The van der Waals surface area contributed by atoms with Crippen LogP contribution in [0.15, 0.2) is 82.8 Å². The number of carbonyl (C=O) groups is 2. The minimum Gasteiger partial charge on any atom is -0.480 e. The highest BCUT2D eigenvalue weighted by Gasteiger charge is 2.40. The summed E-state index contributed by atoms with van der Waals surface area (Å²) in [5.74, 6) is -1.26. The molecule has 0 radical (unpaired) electrons. The van der Waals surface area contributed by atoms with E-state index in [0.717, 1.165) is 0 Å². The Balaban J connectivity index is 1.39. The van der Waals surface area contributed by atoms with Crippen molar-refractivity contribution >= 4 is 31.9 Å². The van der Waals surface area contributed by atoms with E-state index in [2.05, 4.69) is 9.71 Å². The molecule has 0 unspecified atom stereocenters. The first kappa shape index (κ1) is 25.3. The summed E-state index contributed by atoms with van der Waals surface area (Å²) in [4.78, 5) is 27.8. The van der Waals surface area contributed by atoms with E-state index in [1.807, 2.05) is 0 Å². The zero-order chi connectivity index (χ0) is 25.9. The molecule has 1 aliphatic heterocycles. The summed E-state index contributed by atoms with van der Waals surface area (Å²) in [5, 5.41) is 9.53. The zero-order valence-corrected chi connectivity index (χ0v) is 20.3. The van der Waals surface area contributed by atoms with Gasteiger partial charge in [0, 0.05) is 18.9 Å². The number of nitrogens with zero attached hydrogens (tertiary/aromatic N) is 2. The zero-order valence-electron chi connectivity index (χ0n) is 18.6. The lowest BCUT2D eigenvalue weighted by Crippen LogP contribution is -2.41. The third-order valence-electron chi connectivity index (χ3n) is 5.38. The Morgan fingerprint density at radius 2 is 1.67 bits per heavy atom. The van der Waals surface area contributed by atoms with Gasteiger partial charge in [0.25, 0.3) is 15.9 Å². The van der Waals surface area contributed by atoms with Gasteiger partial charge in [-0.2, -0.15) is 4.72 Å². The SMILES string of the molecule is O=C(O)[C@@H](CCCN1C(=O)c2ccccc2S1(=O)=O)NS(=O)(=O)c1ccc(Oc2ccncc2)cc1. The molecule has 2 heterocycles. The smallest absolute Gasteiger partial charge is 0.321 e. The third kappa shape index (κ3) is 5.22. The Morgan fingerprint density at radius 3 is 2.31 bits per heavy atom. The van der Waals surface area contributed by atoms with Crippen LogP contribution in [0, 0.1) is 0 Å². The number of hydrogen-bond donors (Lipinski definition) is 2. The van der Waals surface area contributed by atoms with E-state index in [0.29, 0.717) is 15.8 Å². The number of aliphatic carboxylic acids is 1. The molecule has 0 bridgehead atoms. The topological polar surface area (TPSA) is 160 Å². The van der Waals surface area contributed by atoms with Crippen LogP contribution in [0.1, 0.15) is 23.2 Å². The van der Waals surface area contributed by atoms with Crippen molar-refractivity contribution in [2.45, 2.75) is 28.7 Å². The molecule has 0 spiro atoms. The van der Waals surface area contributed by atoms with Gasteiger partial charge in [0.05, 0.1) is 10.5 Å². The maximum atomic E-state index is 12.8. The number of carboxylic acid groups (broad SMARTS) is 1. The van der Waals surface area contributed by atoms with Crippen molar-refractivity contribution in [1.82, 2.24) is 14.0 Å². The van der Waals surface area contributed by atoms with Crippen LogP contribution in [0.25, 0.3) is 0 Å². The predicted molar refractivity (Wildman–Crippen MR) is 126 cm³/mol. The van der Waals surface area contributed by atoms with Crippen LogP contribution in [0.3, 0.4) is 0 Å². The van der Waals surface area contributed by atoms with Crippen molar-refractivity contribution in [2.24, 2.45) is 0 Å². The van der Waals surface area contributed by atoms with E-state index in [1.165, 1.54) is 54.9 Å². The van der Waals surface area contributed by atoms with Crippen molar-refractivity contribution in [3.05, 3.63) is 78.6 Å². The van der Waals surface area contributed by atoms with Gasteiger partial charge in [0.15, 0.2) is 0 Å². The minimum absolute atomic E-state index is 0.0457. The lowest BCUT2D eigenvalue weighted by molar-refractivity contribution is -0.139. The van der Waals surface area contributed by atoms with Gasteiger partial charge >= 0.3 is 5.97 Å². The van der Waals surface area contributed by atoms with E-state index in [9.17, 15) is 31.5 Å². The first-order valence-electron chi connectivity index (χ1n) is 10.7. The molecule has 0 saturated carbocycles. The number of carbonyl (C=O) groups excluding carboxylic acids is 1. The van der Waals surface area contributed by atoms with E-state index in [-0.39, 0.29) is 34.7 Å². The average molecular weight is 532 g/mol. The number of aromatic nitrogens is 1. The number of amides is 1. The van der Waals surface area contributed by atoms with Crippen LogP contribution in [-0.4, -0.2) is 55.7 Å². The standard InChI is InChI=1S/C23H21N3O8S2/c27-22-19-4-1-2-6-21(19)36(32,33)26(22)15-3-5-20(23(28)29)25-35(30,31)18-9-7-16(8-10-18)34-17-11-13-24-14-12-17/h1-2,4,6-14,20,25H,3,5,15H2,(H,28,29)/t20-/m1/s1. The Labute approximate surface area is 207 Å². The molecule has 13 heteroatoms. The maximum Gasteiger partial charge on any atom is 0.321 e. The molecular formula is C23H21N3O8S2. The Kier molecular flexibility index (Phi) is 7.06. The second kappa shape index (κ2) is 10.0. The number of rotatable bonds is 10. The van der Waals surface area contributed by atoms with E-state index >= 15 is 0 Å². The molecule has 11 nitrogen and oxygen atoms in total. The van der Waals surface area contributed by atoms with Crippen LogP contribution in [0.4, 0.5) is 0 Å². The molecule has 1 aromatic heterocycles. The number of nitrogens with one attached hydrogen (secondary N) is 1. The summed E-state index contributed by atoms with van der Waals surface area (Å²) in [7, 11) is -8.25. The minimum atomic E-state index is -4.22. The van der Waals surface area contributed by atoms with E-state index in [4.69, 9.17) is 4.74 Å². The number of benzene rings is 2. The average Bonchev–Trinajstić information content (AvgIpc) is 3.05. The predicted octanol–water partition coefficient (Wildman–Crippen LogP) is 2.23. The van der Waals surface area contributed by atoms with Gasteiger partial charge in [-0.1, -0.05) is 12.1 Å². The highest BCUT2D eigenvalue weighted by Crippen LogP contribution is 2.30. The van der Waals surface area contributed by atoms with Gasteiger partial charge in [-0.05, 0) is 61.4 Å². The largest absolute Gasteiger partial charge is 0.480 e. The third-order valence-corrected chi connectivity index (χ3v) is 8.71. The second-order valence-electron chi connectivity index (χ2n) is 7.79. The van der Waals surface area contributed by atoms with Crippen LogP contribution in [0.5, 0.6) is 11.5 Å². The summed E-state index contributed by atoms with van der Waals surface area (Å²) < 4.78 is 59.1. The lowest BCUT2D eigenvalue weighted by atomic mass is 10.1. The number of sulfonamides is 2. The van der Waals surface area contributed by atoms with Crippen molar-refractivity contribution in [3.63, 3.8) is 0 Å². The monoisotopic (exact) mass is 531 g/mol. The van der Waals surface area contributed by atoms with Gasteiger partial charge in [-0.3, -0.25) is 14.6 Å². The van der Waals surface area contributed by atoms with Gasteiger partial charge < -0.3 is 9.84 Å². The molecule has 0 fully saturated rings. The van der Waals surface area contributed by atoms with Gasteiger partial charge in [0.1, 0.15) is 22.4 Å².